The van der Waals surface area contributed by atoms with Crippen molar-refractivity contribution in [3.05, 3.63) is 5.89 Å². The third-order valence-electron chi connectivity index (χ3n) is 3.54. The van der Waals surface area contributed by atoms with Crippen molar-refractivity contribution in [2.75, 3.05) is 5.32 Å². The van der Waals surface area contributed by atoms with Gasteiger partial charge in [-0.25, -0.2) is 0 Å². The normalized spacial score (nSPS) is 17.9. The van der Waals surface area contributed by atoms with Crippen molar-refractivity contribution in [3.8, 4) is 0 Å². The van der Waals surface area contributed by atoms with Gasteiger partial charge in [0.25, 0.3) is 0 Å². The fourth-order valence-electron chi connectivity index (χ4n) is 2.51. The standard InChI is InChI=1S/C12H17N3O4/c1-8-14-15-11(19-8)13-9(16)7-12(10(17)18)5-3-2-4-6-12/h2-7H2,1H3,(H,17,18)(H,13,15,16). The predicted molar refractivity (Wildman–Crippen MR) is 65.4 cm³/mol. The van der Waals surface area contributed by atoms with E-state index in [2.05, 4.69) is 15.5 Å². The molecule has 0 aliphatic heterocycles. The van der Waals surface area contributed by atoms with Gasteiger partial charge in [0.2, 0.25) is 11.8 Å². The van der Waals surface area contributed by atoms with Gasteiger partial charge in [-0.3, -0.25) is 14.9 Å². The Morgan fingerprint density at radius 2 is 2.00 bits per heavy atom. The molecule has 19 heavy (non-hydrogen) atoms. The molecule has 1 heterocycles. The molecule has 0 aromatic carbocycles. The first-order valence-electron chi connectivity index (χ1n) is 6.35. The van der Waals surface area contributed by atoms with E-state index in [1.54, 1.807) is 6.92 Å². The Morgan fingerprint density at radius 3 is 2.53 bits per heavy atom. The van der Waals surface area contributed by atoms with Crippen molar-refractivity contribution < 1.29 is 19.1 Å². The molecular formula is C12H17N3O4. The van der Waals surface area contributed by atoms with Crippen molar-refractivity contribution in [1.82, 2.24) is 10.2 Å². The molecule has 1 amide bonds. The zero-order valence-corrected chi connectivity index (χ0v) is 10.8. The Balaban J connectivity index is 2.01. The zero-order chi connectivity index (χ0) is 13.9. The summed E-state index contributed by atoms with van der Waals surface area (Å²) in [6.07, 6.45) is 3.75. The van der Waals surface area contributed by atoms with Crippen LogP contribution in [-0.4, -0.2) is 27.2 Å². The number of amides is 1. The highest BCUT2D eigenvalue weighted by atomic mass is 16.4. The largest absolute Gasteiger partial charge is 0.481 e. The van der Waals surface area contributed by atoms with Gasteiger partial charge in [0.15, 0.2) is 0 Å². The number of hydrogen-bond acceptors (Lipinski definition) is 5. The minimum atomic E-state index is -0.947. The summed E-state index contributed by atoms with van der Waals surface area (Å²) in [5.74, 6) is -0.946. The second kappa shape index (κ2) is 5.38. The smallest absolute Gasteiger partial charge is 0.322 e. The molecule has 104 valence electrons. The molecule has 0 unspecified atom stereocenters. The van der Waals surface area contributed by atoms with E-state index in [-0.39, 0.29) is 12.4 Å². The number of rotatable bonds is 4. The van der Waals surface area contributed by atoms with E-state index < -0.39 is 17.3 Å². The Kier molecular flexibility index (Phi) is 3.82. The number of aryl methyl sites for hydroxylation is 1. The molecule has 1 saturated carbocycles. The molecule has 0 spiro atoms. The van der Waals surface area contributed by atoms with Gasteiger partial charge in [-0.15, -0.1) is 5.10 Å². The van der Waals surface area contributed by atoms with Gasteiger partial charge in [0.05, 0.1) is 5.41 Å². The summed E-state index contributed by atoms with van der Waals surface area (Å²) in [5, 5.41) is 19.1. The Hall–Kier alpha value is -1.92. The monoisotopic (exact) mass is 267 g/mol. The van der Waals surface area contributed by atoms with Crippen LogP contribution in [0.25, 0.3) is 0 Å². The van der Waals surface area contributed by atoms with Crippen molar-refractivity contribution in [1.29, 1.82) is 0 Å². The van der Waals surface area contributed by atoms with E-state index >= 15 is 0 Å². The molecule has 2 N–H and O–H groups in total. The summed E-state index contributed by atoms with van der Waals surface area (Å²) >= 11 is 0. The number of aliphatic carboxylic acids is 1. The van der Waals surface area contributed by atoms with Gasteiger partial charge in [0, 0.05) is 13.3 Å². The lowest BCUT2D eigenvalue weighted by Gasteiger charge is -2.32. The average molecular weight is 267 g/mol. The second-order valence-corrected chi connectivity index (χ2v) is 5.00. The molecule has 1 aliphatic carbocycles. The van der Waals surface area contributed by atoms with Crippen molar-refractivity contribution >= 4 is 17.9 Å². The first-order chi connectivity index (χ1) is 9.02. The van der Waals surface area contributed by atoms with Gasteiger partial charge in [-0.2, -0.15) is 0 Å². The fourth-order valence-corrected chi connectivity index (χ4v) is 2.51. The number of carbonyl (C=O) groups excluding carboxylic acids is 1. The van der Waals surface area contributed by atoms with Crippen LogP contribution in [0, 0.1) is 12.3 Å². The molecule has 1 aromatic heterocycles. The van der Waals surface area contributed by atoms with E-state index in [9.17, 15) is 14.7 Å². The Bertz CT molecular complexity index is 477. The van der Waals surface area contributed by atoms with Gasteiger partial charge in [-0.05, 0) is 12.8 Å². The van der Waals surface area contributed by atoms with Crippen molar-refractivity contribution in [3.63, 3.8) is 0 Å². The molecule has 7 heteroatoms. The third-order valence-corrected chi connectivity index (χ3v) is 3.54. The highest BCUT2D eigenvalue weighted by Gasteiger charge is 2.41. The lowest BCUT2D eigenvalue weighted by molar-refractivity contribution is -0.153. The summed E-state index contributed by atoms with van der Waals surface area (Å²) in [5.41, 5.74) is -0.947. The quantitative estimate of drug-likeness (QED) is 0.860. The van der Waals surface area contributed by atoms with Crippen LogP contribution in [0.2, 0.25) is 0 Å². The summed E-state index contributed by atoms with van der Waals surface area (Å²) in [6.45, 7) is 1.61. The van der Waals surface area contributed by atoms with Crippen LogP contribution in [0.5, 0.6) is 0 Å². The van der Waals surface area contributed by atoms with E-state index in [1.165, 1.54) is 0 Å². The summed E-state index contributed by atoms with van der Waals surface area (Å²) in [6, 6.07) is 0.0128. The van der Waals surface area contributed by atoms with Crippen LogP contribution >= 0.6 is 0 Å². The number of hydrogen-bond donors (Lipinski definition) is 2. The molecule has 0 atom stereocenters. The molecule has 0 saturated heterocycles. The van der Waals surface area contributed by atoms with Crippen LogP contribution in [0.15, 0.2) is 4.42 Å². The maximum absolute atomic E-state index is 11.9. The molecule has 0 bridgehead atoms. The predicted octanol–water partition coefficient (Wildman–Crippen LogP) is 1.74. The van der Waals surface area contributed by atoms with Crippen LogP contribution in [0.3, 0.4) is 0 Å². The number of nitrogens with zero attached hydrogens (tertiary/aromatic N) is 2. The fraction of sp³-hybridized carbons (Fsp3) is 0.667. The minimum Gasteiger partial charge on any atom is -0.481 e. The van der Waals surface area contributed by atoms with Crippen LogP contribution in [0.1, 0.15) is 44.4 Å². The van der Waals surface area contributed by atoms with Gasteiger partial charge in [-0.1, -0.05) is 24.4 Å². The lowest BCUT2D eigenvalue weighted by Crippen LogP contribution is -2.37. The number of aromatic nitrogens is 2. The minimum absolute atomic E-state index is 0.0128. The molecule has 1 aliphatic rings. The molecular weight excluding hydrogens is 250 g/mol. The van der Waals surface area contributed by atoms with Crippen molar-refractivity contribution in [2.45, 2.75) is 45.4 Å². The number of carboxylic acids is 1. The third kappa shape index (κ3) is 3.10. The molecule has 1 fully saturated rings. The number of nitrogens with one attached hydrogen (secondary N) is 1. The van der Waals surface area contributed by atoms with E-state index in [1.807, 2.05) is 0 Å². The van der Waals surface area contributed by atoms with E-state index in [0.29, 0.717) is 18.7 Å². The van der Waals surface area contributed by atoms with E-state index in [0.717, 1.165) is 19.3 Å². The summed E-state index contributed by atoms with van der Waals surface area (Å²) in [7, 11) is 0. The summed E-state index contributed by atoms with van der Waals surface area (Å²) in [4.78, 5) is 23.3. The average Bonchev–Trinajstić information content (AvgIpc) is 2.75. The second-order valence-electron chi connectivity index (χ2n) is 5.00. The Morgan fingerprint density at radius 1 is 1.32 bits per heavy atom. The maximum atomic E-state index is 11.9. The number of anilines is 1. The van der Waals surface area contributed by atoms with Crippen LogP contribution in [-0.2, 0) is 9.59 Å². The van der Waals surface area contributed by atoms with Gasteiger partial charge >= 0.3 is 12.0 Å². The number of carboxylic acid groups (broad SMARTS) is 1. The van der Waals surface area contributed by atoms with E-state index in [4.69, 9.17) is 4.42 Å². The number of carbonyl (C=O) groups is 2. The Labute approximate surface area is 110 Å². The van der Waals surface area contributed by atoms with Gasteiger partial charge < -0.3 is 9.52 Å². The van der Waals surface area contributed by atoms with Crippen LogP contribution < -0.4 is 5.32 Å². The van der Waals surface area contributed by atoms with Crippen molar-refractivity contribution in [2.24, 2.45) is 5.41 Å². The highest BCUT2D eigenvalue weighted by molar-refractivity contribution is 5.92. The topological polar surface area (TPSA) is 105 Å². The summed E-state index contributed by atoms with van der Waals surface area (Å²) < 4.78 is 5.04. The maximum Gasteiger partial charge on any atom is 0.322 e. The zero-order valence-electron chi connectivity index (χ0n) is 10.8. The first-order valence-corrected chi connectivity index (χ1v) is 6.35. The first kappa shape index (κ1) is 13.5. The highest BCUT2D eigenvalue weighted by Crippen LogP contribution is 2.39. The SMILES string of the molecule is Cc1nnc(NC(=O)CC2(C(=O)O)CCCCC2)o1. The molecule has 0 radical (unpaired) electrons. The molecule has 2 rings (SSSR count). The lowest BCUT2D eigenvalue weighted by atomic mass is 9.71. The van der Waals surface area contributed by atoms with Crippen LogP contribution in [0.4, 0.5) is 6.01 Å². The molecule has 1 aromatic rings. The molecule has 7 nitrogen and oxygen atoms in total. The van der Waals surface area contributed by atoms with Gasteiger partial charge in [0.1, 0.15) is 0 Å².